The van der Waals surface area contributed by atoms with Gasteiger partial charge in [-0.25, -0.2) is 4.98 Å². The second-order valence-electron chi connectivity index (χ2n) is 5.86. The number of anilines is 1. The largest absolute Gasteiger partial charge is 0.353 e. The van der Waals surface area contributed by atoms with E-state index in [1.54, 1.807) is 11.3 Å². The molecule has 0 aromatic carbocycles. The van der Waals surface area contributed by atoms with Crippen LogP contribution in [0.5, 0.6) is 0 Å². The van der Waals surface area contributed by atoms with Gasteiger partial charge in [0.15, 0.2) is 5.13 Å². The average molecular weight is 309 g/mol. The molecule has 1 fully saturated rings. The summed E-state index contributed by atoms with van der Waals surface area (Å²) in [6.07, 6.45) is 8.09. The number of piperidine rings is 1. The van der Waals surface area contributed by atoms with E-state index < -0.39 is 0 Å². The molecule has 0 unspecified atom stereocenters. The zero-order chi connectivity index (χ0) is 15.1. The summed E-state index contributed by atoms with van der Waals surface area (Å²) in [6.45, 7) is 6.29. The number of thiazole rings is 1. The van der Waals surface area contributed by atoms with Crippen LogP contribution in [0.2, 0.25) is 0 Å². The zero-order valence-corrected chi connectivity index (χ0v) is 14.0. The lowest BCUT2D eigenvalue weighted by atomic mass is 9.96. The van der Waals surface area contributed by atoms with Gasteiger partial charge in [-0.1, -0.05) is 26.7 Å². The Balaban J connectivity index is 1.78. The van der Waals surface area contributed by atoms with E-state index >= 15 is 0 Å². The molecule has 5 heteroatoms. The molecule has 1 saturated heterocycles. The number of hydrogen-bond donors (Lipinski definition) is 1. The van der Waals surface area contributed by atoms with Crippen LogP contribution < -0.4 is 10.2 Å². The number of amides is 1. The molecule has 2 rings (SSSR count). The van der Waals surface area contributed by atoms with Crippen LogP contribution in [-0.2, 0) is 4.79 Å². The molecule has 0 bridgehead atoms. The minimum absolute atomic E-state index is 0.206. The third-order valence-corrected chi connectivity index (χ3v) is 5.01. The maximum absolute atomic E-state index is 12.4. The molecule has 1 amide bonds. The number of nitrogens with zero attached hydrogens (tertiary/aromatic N) is 2. The predicted molar refractivity (Wildman–Crippen MR) is 88.8 cm³/mol. The lowest BCUT2D eigenvalue weighted by molar-refractivity contribution is -0.126. The molecular formula is C16H27N3OS. The predicted octanol–water partition coefficient (Wildman–Crippen LogP) is 3.44. The van der Waals surface area contributed by atoms with Crippen molar-refractivity contribution in [2.24, 2.45) is 5.92 Å². The zero-order valence-electron chi connectivity index (χ0n) is 13.2. The monoisotopic (exact) mass is 309 g/mol. The molecular weight excluding hydrogens is 282 g/mol. The highest BCUT2D eigenvalue weighted by molar-refractivity contribution is 7.13. The van der Waals surface area contributed by atoms with Gasteiger partial charge in [0, 0.05) is 36.6 Å². The number of hydrogen-bond acceptors (Lipinski definition) is 4. The molecule has 0 aliphatic carbocycles. The Morgan fingerprint density at radius 2 is 2.05 bits per heavy atom. The molecule has 0 saturated carbocycles. The van der Waals surface area contributed by atoms with Crippen molar-refractivity contribution in [3.8, 4) is 0 Å². The second kappa shape index (κ2) is 8.37. The fourth-order valence-corrected chi connectivity index (χ4v) is 3.71. The maximum Gasteiger partial charge on any atom is 0.223 e. The lowest BCUT2D eigenvalue weighted by Crippen LogP contribution is -2.46. The van der Waals surface area contributed by atoms with E-state index in [1.807, 2.05) is 11.6 Å². The van der Waals surface area contributed by atoms with Crippen molar-refractivity contribution in [3.05, 3.63) is 11.6 Å². The van der Waals surface area contributed by atoms with Crippen LogP contribution in [0, 0.1) is 5.92 Å². The molecule has 1 aliphatic rings. The van der Waals surface area contributed by atoms with Crippen molar-refractivity contribution in [2.75, 3.05) is 18.0 Å². The molecule has 1 aromatic heterocycles. The van der Waals surface area contributed by atoms with E-state index in [4.69, 9.17) is 0 Å². The number of carbonyl (C=O) groups excluding carboxylic acids is 1. The van der Waals surface area contributed by atoms with Crippen LogP contribution in [0.3, 0.4) is 0 Å². The highest BCUT2D eigenvalue weighted by Crippen LogP contribution is 2.22. The normalized spacial score (nSPS) is 16.4. The summed E-state index contributed by atoms with van der Waals surface area (Å²) in [7, 11) is 0. The Morgan fingerprint density at radius 3 is 2.57 bits per heavy atom. The van der Waals surface area contributed by atoms with E-state index in [0.29, 0.717) is 6.04 Å². The third-order valence-electron chi connectivity index (χ3n) is 4.18. The second-order valence-corrected chi connectivity index (χ2v) is 6.73. The number of nitrogens with one attached hydrogen (secondary N) is 1. The van der Waals surface area contributed by atoms with Crippen LogP contribution in [0.25, 0.3) is 0 Å². The summed E-state index contributed by atoms with van der Waals surface area (Å²) in [5.74, 6) is 0.475. The Labute approximate surface area is 132 Å². The van der Waals surface area contributed by atoms with Gasteiger partial charge in [0.25, 0.3) is 0 Å². The third kappa shape index (κ3) is 4.70. The minimum atomic E-state index is 0.206. The Kier molecular flexibility index (Phi) is 6.49. The van der Waals surface area contributed by atoms with Crippen LogP contribution in [0.4, 0.5) is 5.13 Å². The van der Waals surface area contributed by atoms with Crippen LogP contribution in [0.1, 0.15) is 52.4 Å². The SMILES string of the molecule is CCCC(CCC)C(=O)NC1CCN(c2nccs2)CC1. The van der Waals surface area contributed by atoms with E-state index in [0.717, 1.165) is 56.7 Å². The summed E-state index contributed by atoms with van der Waals surface area (Å²) >= 11 is 1.69. The van der Waals surface area contributed by atoms with E-state index in [2.05, 4.69) is 29.0 Å². The van der Waals surface area contributed by atoms with Crippen molar-refractivity contribution in [1.82, 2.24) is 10.3 Å². The van der Waals surface area contributed by atoms with Gasteiger partial charge in [0.05, 0.1) is 0 Å². The topological polar surface area (TPSA) is 45.2 Å². The maximum atomic E-state index is 12.4. The molecule has 0 radical (unpaired) electrons. The van der Waals surface area contributed by atoms with Gasteiger partial charge < -0.3 is 10.2 Å². The van der Waals surface area contributed by atoms with Gasteiger partial charge in [-0.05, 0) is 25.7 Å². The molecule has 1 aromatic rings. The molecule has 0 atom stereocenters. The van der Waals surface area contributed by atoms with E-state index in [1.165, 1.54) is 0 Å². The molecule has 4 nitrogen and oxygen atoms in total. The van der Waals surface area contributed by atoms with Gasteiger partial charge in [-0.3, -0.25) is 4.79 Å². The van der Waals surface area contributed by atoms with Gasteiger partial charge >= 0.3 is 0 Å². The van der Waals surface area contributed by atoms with Crippen molar-refractivity contribution < 1.29 is 4.79 Å². The molecule has 1 N–H and O–H groups in total. The first-order valence-corrected chi connectivity index (χ1v) is 9.07. The fourth-order valence-electron chi connectivity index (χ4n) is 3.01. The van der Waals surface area contributed by atoms with Gasteiger partial charge in [0.2, 0.25) is 5.91 Å². The Morgan fingerprint density at radius 1 is 1.38 bits per heavy atom. The van der Waals surface area contributed by atoms with Gasteiger partial charge in [0.1, 0.15) is 0 Å². The van der Waals surface area contributed by atoms with Crippen LogP contribution in [0.15, 0.2) is 11.6 Å². The highest BCUT2D eigenvalue weighted by atomic mass is 32.1. The lowest BCUT2D eigenvalue weighted by Gasteiger charge is -2.33. The minimum Gasteiger partial charge on any atom is -0.353 e. The summed E-state index contributed by atoms with van der Waals surface area (Å²) in [5, 5.41) is 6.40. The van der Waals surface area contributed by atoms with Crippen molar-refractivity contribution >= 4 is 22.4 Å². The van der Waals surface area contributed by atoms with Crippen molar-refractivity contribution in [3.63, 3.8) is 0 Å². The van der Waals surface area contributed by atoms with E-state index in [9.17, 15) is 4.79 Å². The quantitative estimate of drug-likeness (QED) is 0.839. The van der Waals surface area contributed by atoms with Crippen molar-refractivity contribution in [1.29, 1.82) is 0 Å². The summed E-state index contributed by atoms with van der Waals surface area (Å²) in [6, 6.07) is 0.338. The average Bonchev–Trinajstić information content (AvgIpc) is 3.02. The number of rotatable bonds is 7. The van der Waals surface area contributed by atoms with E-state index in [-0.39, 0.29) is 11.8 Å². The number of carbonyl (C=O) groups is 1. The smallest absolute Gasteiger partial charge is 0.223 e. The van der Waals surface area contributed by atoms with Gasteiger partial charge in [-0.15, -0.1) is 11.3 Å². The fraction of sp³-hybridized carbons (Fsp3) is 0.750. The summed E-state index contributed by atoms with van der Waals surface area (Å²) in [5.41, 5.74) is 0. The van der Waals surface area contributed by atoms with Crippen LogP contribution >= 0.6 is 11.3 Å². The van der Waals surface area contributed by atoms with Crippen LogP contribution in [-0.4, -0.2) is 30.0 Å². The summed E-state index contributed by atoms with van der Waals surface area (Å²) < 4.78 is 0. The standard InChI is InChI=1S/C16H27N3OS/c1-3-5-13(6-4-2)15(20)18-14-7-10-19(11-8-14)16-17-9-12-21-16/h9,12-14H,3-8,10-11H2,1-2H3,(H,18,20). The highest BCUT2D eigenvalue weighted by Gasteiger charge is 2.24. The molecule has 1 aliphatic heterocycles. The first kappa shape index (κ1) is 16.3. The molecule has 21 heavy (non-hydrogen) atoms. The van der Waals surface area contributed by atoms with Gasteiger partial charge in [-0.2, -0.15) is 0 Å². The molecule has 2 heterocycles. The molecule has 118 valence electrons. The Bertz CT molecular complexity index is 407. The Hall–Kier alpha value is -1.10. The number of aromatic nitrogens is 1. The first-order valence-electron chi connectivity index (χ1n) is 8.19. The first-order chi connectivity index (χ1) is 10.2. The van der Waals surface area contributed by atoms with Crippen molar-refractivity contribution in [2.45, 2.75) is 58.4 Å². The summed E-state index contributed by atoms with van der Waals surface area (Å²) in [4.78, 5) is 19.0. The molecule has 0 spiro atoms.